The third-order valence-corrected chi connectivity index (χ3v) is 4.26. The number of anilines is 2. The number of nitrogens with one attached hydrogen (secondary N) is 1. The van der Waals surface area contributed by atoms with Crippen LogP contribution in [-0.2, 0) is 0 Å². The summed E-state index contributed by atoms with van der Waals surface area (Å²) in [5.41, 5.74) is 0.781. The second kappa shape index (κ2) is 5.98. The predicted octanol–water partition coefficient (Wildman–Crippen LogP) is 4.41. The molecule has 114 valence electrons. The highest BCUT2D eigenvalue weighted by Gasteiger charge is 2.12. The van der Waals surface area contributed by atoms with Gasteiger partial charge >= 0.3 is 0 Å². The van der Waals surface area contributed by atoms with Crippen LogP contribution in [0.5, 0.6) is 11.5 Å². The number of hydrogen-bond donors (Lipinski definition) is 1. The van der Waals surface area contributed by atoms with Crippen molar-refractivity contribution in [2.75, 3.05) is 19.5 Å². The Bertz CT molecular complexity index is 835. The van der Waals surface area contributed by atoms with E-state index in [0.717, 1.165) is 26.5 Å². The Morgan fingerprint density at radius 3 is 2.68 bits per heavy atom. The van der Waals surface area contributed by atoms with E-state index in [-0.39, 0.29) is 5.28 Å². The molecule has 0 radical (unpaired) electrons. The van der Waals surface area contributed by atoms with Gasteiger partial charge in [-0.2, -0.15) is 4.98 Å². The van der Waals surface area contributed by atoms with E-state index in [1.807, 2.05) is 25.1 Å². The highest BCUT2D eigenvalue weighted by atomic mass is 35.5. The van der Waals surface area contributed by atoms with Crippen molar-refractivity contribution in [3.05, 3.63) is 34.4 Å². The Morgan fingerprint density at radius 1 is 1.14 bits per heavy atom. The fourth-order valence-corrected chi connectivity index (χ4v) is 3.24. The van der Waals surface area contributed by atoms with Crippen molar-refractivity contribution in [2.24, 2.45) is 0 Å². The molecule has 0 saturated heterocycles. The first-order valence-electron chi connectivity index (χ1n) is 6.53. The maximum atomic E-state index is 6.01. The summed E-state index contributed by atoms with van der Waals surface area (Å²) in [6.45, 7) is 2.03. The summed E-state index contributed by atoms with van der Waals surface area (Å²) in [7, 11) is 3.22. The summed E-state index contributed by atoms with van der Waals surface area (Å²) >= 11 is 7.59. The van der Waals surface area contributed by atoms with Gasteiger partial charge in [0.15, 0.2) is 0 Å². The maximum Gasteiger partial charge on any atom is 0.225 e. The number of aromatic nitrogens is 2. The van der Waals surface area contributed by atoms with Gasteiger partial charge in [0.25, 0.3) is 0 Å². The molecule has 0 atom stereocenters. The summed E-state index contributed by atoms with van der Waals surface area (Å²) < 4.78 is 10.6. The Kier molecular flexibility index (Phi) is 4.04. The maximum absolute atomic E-state index is 6.01. The molecule has 0 spiro atoms. The molecular formula is C15H14ClN3O2S. The monoisotopic (exact) mass is 335 g/mol. The summed E-state index contributed by atoms with van der Waals surface area (Å²) in [4.78, 5) is 10.5. The van der Waals surface area contributed by atoms with Gasteiger partial charge in [-0.1, -0.05) is 0 Å². The number of halogens is 1. The first kappa shape index (κ1) is 14.9. The number of fused-ring (bicyclic) bond motifs is 1. The molecule has 2 heterocycles. The summed E-state index contributed by atoms with van der Waals surface area (Å²) in [5, 5.41) is 4.41. The van der Waals surface area contributed by atoms with E-state index < -0.39 is 0 Å². The van der Waals surface area contributed by atoms with Gasteiger partial charge < -0.3 is 14.8 Å². The number of ether oxygens (including phenoxy) is 2. The van der Waals surface area contributed by atoms with E-state index in [9.17, 15) is 0 Å². The minimum atomic E-state index is 0.212. The van der Waals surface area contributed by atoms with E-state index in [1.54, 1.807) is 31.6 Å². The van der Waals surface area contributed by atoms with Gasteiger partial charge in [-0.05, 0) is 36.7 Å². The molecule has 0 fully saturated rings. The molecule has 22 heavy (non-hydrogen) atoms. The van der Waals surface area contributed by atoms with E-state index in [0.29, 0.717) is 11.6 Å². The molecule has 7 heteroatoms. The Hall–Kier alpha value is -2.05. The normalized spacial score (nSPS) is 10.7. The predicted molar refractivity (Wildman–Crippen MR) is 90.0 cm³/mol. The topological polar surface area (TPSA) is 56.3 Å². The van der Waals surface area contributed by atoms with E-state index in [2.05, 4.69) is 15.3 Å². The van der Waals surface area contributed by atoms with Crippen molar-refractivity contribution in [2.45, 2.75) is 6.92 Å². The lowest BCUT2D eigenvalue weighted by atomic mass is 10.2. The van der Waals surface area contributed by atoms with Gasteiger partial charge in [-0.25, -0.2) is 4.98 Å². The molecule has 0 aliphatic rings. The van der Waals surface area contributed by atoms with Crippen LogP contribution >= 0.6 is 22.9 Å². The lowest BCUT2D eigenvalue weighted by molar-refractivity contribution is 0.395. The quantitative estimate of drug-likeness (QED) is 0.715. The summed E-state index contributed by atoms with van der Waals surface area (Å²) in [6, 6.07) is 7.57. The molecule has 5 nitrogen and oxygen atoms in total. The van der Waals surface area contributed by atoms with Crippen molar-refractivity contribution in [3.63, 3.8) is 0 Å². The zero-order valence-electron chi connectivity index (χ0n) is 12.3. The Morgan fingerprint density at radius 2 is 1.95 bits per heavy atom. The number of nitrogens with zero attached hydrogens (tertiary/aromatic N) is 2. The molecular weight excluding hydrogens is 322 g/mol. The van der Waals surface area contributed by atoms with Crippen molar-refractivity contribution >= 4 is 44.7 Å². The van der Waals surface area contributed by atoms with Crippen molar-refractivity contribution < 1.29 is 9.47 Å². The van der Waals surface area contributed by atoms with Crippen LogP contribution in [0.4, 0.5) is 11.5 Å². The molecule has 0 aliphatic heterocycles. The number of thiophene rings is 1. The number of methoxy groups -OCH3 is 2. The van der Waals surface area contributed by atoms with Crippen LogP contribution in [0.3, 0.4) is 0 Å². The molecule has 0 saturated carbocycles. The van der Waals surface area contributed by atoms with E-state index in [4.69, 9.17) is 21.1 Å². The lowest BCUT2D eigenvalue weighted by Crippen LogP contribution is -1.99. The third kappa shape index (κ3) is 2.80. The third-order valence-electron chi connectivity index (χ3n) is 3.15. The van der Waals surface area contributed by atoms with Crippen LogP contribution in [0.1, 0.15) is 4.88 Å². The van der Waals surface area contributed by atoms with Gasteiger partial charge in [0, 0.05) is 10.9 Å². The smallest absolute Gasteiger partial charge is 0.225 e. The zero-order chi connectivity index (χ0) is 15.7. The minimum Gasteiger partial charge on any atom is -0.497 e. The molecule has 0 amide bonds. The molecule has 0 bridgehead atoms. The lowest BCUT2D eigenvalue weighted by Gasteiger charge is -2.12. The summed E-state index contributed by atoms with van der Waals surface area (Å²) in [5.74, 6) is 2.04. The standard InChI is InChI=1S/C15H14ClN3O2S/c1-8-6-10-13(18-15(16)19-14(10)22-8)17-11-5-4-9(20-2)7-12(11)21-3/h4-7H,1-3H3,(H,17,18,19). The number of hydrogen-bond acceptors (Lipinski definition) is 6. The van der Waals surface area contributed by atoms with Crippen LogP contribution < -0.4 is 14.8 Å². The highest BCUT2D eigenvalue weighted by Crippen LogP contribution is 2.35. The van der Waals surface area contributed by atoms with Crippen molar-refractivity contribution in [1.82, 2.24) is 9.97 Å². The van der Waals surface area contributed by atoms with Gasteiger partial charge in [0.05, 0.1) is 25.3 Å². The number of aryl methyl sites for hydroxylation is 1. The van der Waals surface area contributed by atoms with Crippen LogP contribution in [0, 0.1) is 6.92 Å². The van der Waals surface area contributed by atoms with Crippen LogP contribution in [0.15, 0.2) is 24.3 Å². The van der Waals surface area contributed by atoms with Gasteiger partial charge in [0.1, 0.15) is 22.1 Å². The van der Waals surface area contributed by atoms with Gasteiger partial charge in [-0.15, -0.1) is 11.3 Å². The average molecular weight is 336 g/mol. The second-order valence-corrected chi connectivity index (χ2v) is 6.18. The minimum absolute atomic E-state index is 0.212. The van der Waals surface area contributed by atoms with Gasteiger partial charge in [0.2, 0.25) is 5.28 Å². The largest absolute Gasteiger partial charge is 0.497 e. The first-order chi connectivity index (χ1) is 10.6. The zero-order valence-corrected chi connectivity index (χ0v) is 13.9. The average Bonchev–Trinajstić information content (AvgIpc) is 2.88. The highest BCUT2D eigenvalue weighted by molar-refractivity contribution is 7.18. The molecule has 0 unspecified atom stereocenters. The first-order valence-corrected chi connectivity index (χ1v) is 7.73. The van der Waals surface area contributed by atoms with E-state index in [1.165, 1.54) is 0 Å². The SMILES string of the molecule is COc1ccc(Nc2nc(Cl)nc3sc(C)cc23)c(OC)c1. The molecule has 1 aromatic carbocycles. The Labute approximate surface area is 136 Å². The Balaban J connectivity index is 2.06. The van der Waals surface area contributed by atoms with Crippen molar-refractivity contribution in [3.8, 4) is 11.5 Å². The molecule has 3 rings (SSSR count). The number of benzene rings is 1. The van der Waals surface area contributed by atoms with Gasteiger partial charge in [-0.3, -0.25) is 0 Å². The molecule has 2 aromatic heterocycles. The van der Waals surface area contributed by atoms with Crippen LogP contribution in [0.25, 0.3) is 10.2 Å². The van der Waals surface area contributed by atoms with E-state index >= 15 is 0 Å². The fourth-order valence-electron chi connectivity index (χ4n) is 2.14. The fraction of sp³-hybridized carbons (Fsp3) is 0.200. The second-order valence-electron chi connectivity index (χ2n) is 4.61. The summed E-state index contributed by atoms with van der Waals surface area (Å²) in [6.07, 6.45) is 0. The molecule has 1 N–H and O–H groups in total. The van der Waals surface area contributed by atoms with Crippen molar-refractivity contribution in [1.29, 1.82) is 0 Å². The number of rotatable bonds is 4. The van der Waals surface area contributed by atoms with Crippen LogP contribution in [0.2, 0.25) is 5.28 Å². The molecule has 3 aromatic rings. The molecule has 0 aliphatic carbocycles. The van der Waals surface area contributed by atoms with Crippen LogP contribution in [-0.4, -0.2) is 24.2 Å².